The lowest BCUT2D eigenvalue weighted by atomic mass is 10.2. The SMILES string of the molecule is CN(C)C(=O)c1cnn(-c2cccc(C(F)(F)F)c2)c1C#N. The number of hydrogen-bond acceptors (Lipinski definition) is 3. The molecular weight excluding hydrogens is 297 g/mol. The van der Waals surface area contributed by atoms with Crippen LogP contribution in [0.15, 0.2) is 30.5 Å². The zero-order chi connectivity index (χ0) is 16.5. The third-order valence-electron chi connectivity index (χ3n) is 2.93. The van der Waals surface area contributed by atoms with Crippen LogP contribution in [0.2, 0.25) is 0 Å². The standard InChI is InChI=1S/C14H11F3N4O/c1-20(2)13(22)11-8-19-21(12(11)7-18)10-5-3-4-9(6-10)14(15,16)17/h3-6,8H,1-2H3. The van der Waals surface area contributed by atoms with Gasteiger partial charge in [-0.25, -0.2) is 4.68 Å². The van der Waals surface area contributed by atoms with Crippen LogP contribution in [0.1, 0.15) is 21.6 Å². The van der Waals surface area contributed by atoms with Gasteiger partial charge in [-0.2, -0.15) is 23.5 Å². The molecule has 5 nitrogen and oxygen atoms in total. The molecule has 8 heteroatoms. The van der Waals surface area contributed by atoms with Crippen molar-refractivity contribution in [2.45, 2.75) is 6.18 Å². The van der Waals surface area contributed by atoms with Crippen LogP contribution >= 0.6 is 0 Å². The summed E-state index contributed by atoms with van der Waals surface area (Å²) >= 11 is 0. The van der Waals surface area contributed by atoms with Gasteiger partial charge in [-0.05, 0) is 18.2 Å². The normalized spacial score (nSPS) is 11.1. The van der Waals surface area contributed by atoms with E-state index >= 15 is 0 Å². The molecule has 0 saturated heterocycles. The summed E-state index contributed by atoms with van der Waals surface area (Å²) in [5.74, 6) is -0.449. The van der Waals surface area contributed by atoms with Gasteiger partial charge in [0.25, 0.3) is 5.91 Å². The Hall–Kier alpha value is -2.82. The fourth-order valence-corrected chi connectivity index (χ4v) is 1.86. The average molecular weight is 308 g/mol. The molecular formula is C14H11F3N4O. The molecule has 0 atom stereocenters. The van der Waals surface area contributed by atoms with E-state index in [1.807, 2.05) is 6.07 Å². The topological polar surface area (TPSA) is 61.9 Å². The second kappa shape index (κ2) is 5.52. The van der Waals surface area contributed by atoms with Crippen molar-refractivity contribution in [1.29, 1.82) is 5.26 Å². The van der Waals surface area contributed by atoms with Crippen LogP contribution in [-0.2, 0) is 6.18 Å². The molecule has 1 aromatic carbocycles. The Kier molecular flexibility index (Phi) is 3.91. The van der Waals surface area contributed by atoms with Gasteiger partial charge in [-0.3, -0.25) is 4.79 Å². The monoisotopic (exact) mass is 308 g/mol. The summed E-state index contributed by atoms with van der Waals surface area (Å²) in [5.41, 5.74) is -0.878. The van der Waals surface area contributed by atoms with Gasteiger partial charge in [0.15, 0.2) is 5.69 Å². The molecule has 1 amide bonds. The number of alkyl halides is 3. The fourth-order valence-electron chi connectivity index (χ4n) is 1.86. The molecule has 0 aliphatic carbocycles. The molecule has 114 valence electrons. The minimum absolute atomic E-state index is 0.0323. The molecule has 0 saturated carbocycles. The predicted octanol–water partition coefficient (Wildman–Crippen LogP) is 2.46. The Balaban J connectivity index is 2.56. The number of carbonyl (C=O) groups excluding carboxylic acids is 1. The maximum Gasteiger partial charge on any atom is 0.416 e. The van der Waals surface area contributed by atoms with E-state index in [1.54, 1.807) is 0 Å². The quantitative estimate of drug-likeness (QED) is 0.856. The molecule has 0 unspecified atom stereocenters. The van der Waals surface area contributed by atoms with Crippen molar-refractivity contribution in [3.8, 4) is 11.8 Å². The van der Waals surface area contributed by atoms with Gasteiger partial charge in [0.2, 0.25) is 0 Å². The minimum Gasteiger partial charge on any atom is -0.345 e. The van der Waals surface area contributed by atoms with E-state index in [1.165, 1.54) is 37.3 Å². The Labute approximate surface area is 124 Å². The van der Waals surface area contributed by atoms with Crippen LogP contribution in [0.4, 0.5) is 13.2 Å². The number of benzene rings is 1. The van der Waals surface area contributed by atoms with Crippen molar-refractivity contribution < 1.29 is 18.0 Å². The molecule has 1 aromatic heterocycles. The lowest BCUT2D eigenvalue weighted by Crippen LogP contribution is -2.22. The second-order valence-electron chi connectivity index (χ2n) is 4.68. The number of amides is 1. The molecule has 0 aliphatic heterocycles. The largest absolute Gasteiger partial charge is 0.416 e. The van der Waals surface area contributed by atoms with Gasteiger partial charge in [-0.1, -0.05) is 6.07 Å². The summed E-state index contributed by atoms with van der Waals surface area (Å²) in [4.78, 5) is 13.2. The summed E-state index contributed by atoms with van der Waals surface area (Å²) in [6, 6.07) is 6.20. The Bertz CT molecular complexity index is 756. The lowest BCUT2D eigenvalue weighted by molar-refractivity contribution is -0.137. The molecule has 0 spiro atoms. The highest BCUT2D eigenvalue weighted by Crippen LogP contribution is 2.30. The summed E-state index contributed by atoms with van der Waals surface area (Å²) < 4.78 is 39.3. The van der Waals surface area contributed by atoms with Crippen molar-refractivity contribution >= 4 is 5.91 Å². The molecule has 22 heavy (non-hydrogen) atoms. The van der Waals surface area contributed by atoms with Gasteiger partial charge in [0, 0.05) is 14.1 Å². The number of carbonyl (C=O) groups is 1. The van der Waals surface area contributed by atoms with Crippen molar-refractivity contribution in [1.82, 2.24) is 14.7 Å². The summed E-state index contributed by atoms with van der Waals surface area (Å²) in [6.45, 7) is 0. The smallest absolute Gasteiger partial charge is 0.345 e. The third kappa shape index (κ3) is 2.79. The highest BCUT2D eigenvalue weighted by molar-refractivity contribution is 5.95. The number of nitrogens with zero attached hydrogens (tertiary/aromatic N) is 4. The zero-order valence-electron chi connectivity index (χ0n) is 11.7. The van der Waals surface area contributed by atoms with Gasteiger partial charge < -0.3 is 4.90 Å². The Morgan fingerprint density at radius 3 is 2.59 bits per heavy atom. The predicted molar refractivity (Wildman–Crippen MR) is 71.3 cm³/mol. The zero-order valence-corrected chi connectivity index (χ0v) is 11.7. The molecule has 2 aromatic rings. The van der Waals surface area contributed by atoms with E-state index < -0.39 is 17.6 Å². The molecule has 0 bridgehead atoms. The van der Waals surface area contributed by atoms with Crippen molar-refractivity contribution in [2.24, 2.45) is 0 Å². The maximum absolute atomic E-state index is 12.7. The first-order chi connectivity index (χ1) is 10.3. The molecule has 0 radical (unpaired) electrons. The van der Waals surface area contributed by atoms with Crippen LogP contribution in [0.5, 0.6) is 0 Å². The van der Waals surface area contributed by atoms with Gasteiger partial charge in [0.05, 0.1) is 23.0 Å². The number of nitriles is 1. The van der Waals surface area contributed by atoms with Crippen LogP contribution in [-0.4, -0.2) is 34.7 Å². The summed E-state index contributed by atoms with van der Waals surface area (Å²) in [6.07, 6.45) is -3.33. The van der Waals surface area contributed by atoms with E-state index in [0.29, 0.717) is 0 Å². The second-order valence-corrected chi connectivity index (χ2v) is 4.68. The Morgan fingerprint density at radius 2 is 2.05 bits per heavy atom. The average Bonchev–Trinajstić information content (AvgIpc) is 2.89. The fraction of sp³-hybridized carbons (Fsp3) is 0.214. The van der Waals surface area contributed by atoms with Crippen LogP contribution < -0.4 is 0 Å². The van der Waals surface area contributed by atoms with E-state index in [0.717, 1.165) is 16.8 Å². The first kappa shape index (κ1) is 15.6. The number of halogens is 3. The molecule has 0 N–H and O–H groups in total. The number of rotatable bonds is 2. The molecule has 1 heterocycles. The van der Waals surface area contributed by atoms with E-state index in [2.05, 4.69) is 5.10 Å². The van der Waals surface area contributed by atoms with Crippen LogP contribution in [0.25, 0.3) is 5.69 Å². The van der Waals surface area contributed by atoms with Crippen molar-refractivity contribution in [3.05, 3.63) is 47.3 Å². The highest BCUT2D eigenvalue weighted by Gasteiger charge is 2.31. The van der Waals surface area contributed by atoms with Crippen LogP contribution in [0, 0.1) is 11.3 Å². The first-order valence-electron chi connectivity index (χ1n) is 6.13. The number of hydrogen-bond donors (Lipinski definition) is 0. The van der Waals surface area contributed by atoms with E-state index in [4.69, 9.17) is 0 Å². The molecule has 2 rings (SSSR count). The lowest BCUT2D eigenvalue weighted by Gasteiger charge is -2.10. The van der Waals surface area contributed by atoms with Gasteiger partial charge in [-0.15, -0.1) is 0 Å². The van der Waals surface area contributed by atoms with Crippen molar-refractivity contribution in [2.75, 3.05) is 14.1 Å². The molecule has 0 fully saturated rings. The number of aromatic nitrogens is 2. The summed E-state index contributed by atoms with van der Waals surface area (Å²) in [7, 11) is 3.01. The van der Waals surface area contributed by atoms with Crippen molar-refractivity contribution in [3.63, 3.8) is 0 Å². The Morgan fingerprint density at radius 1 is 1.36 bits per heavy atom. The minimum atomic E-state index is -4.50. The third-order valence-corrected chi connectivity index (χ3v) is 2.93. The van der Waals surface area contributed by atoms with Gasteiger partial charge in [0.1, 0.15) is 6.07 Å². The van der Waals surface area contributed by atoms with Gasteiger partial charge >= 0.3 is 6.18 Å². The van der Waals surface area contributed by atoms with E-state index in [-0.39, 0.29) is 16.9 Å². The molecule has 0 aliphatic rings. The first-order valence-corrected chi connectivity index (χ1v) is 6.13. The summed E-state index contributed by atoms with van der Waals surface area (Å²) in [5, 5.41) is 13.1. The van der Waals surface area contributed by atoms with Crippen LogP contribution in [0.3, 0.4) is 0 Å². The maximum atomic E-state index is 12.7. The highest BCUT2D eigenvalue weighted by atomic mass is 19.4. The van der Waals surface area contributed by atoms with E-state index in [9.17, 15) is 23.2 Å².